The number of rotatable bonds is 10. The molecule has 0 fully saturated rings. The maximum absolute atomic E-state index is 13.2. The fourth-order valence-corrected chi connectivity index (χ4v) is 6.87. The maximum Gasteiger partial charge on any atom is 0.324 e. The van der Waals surface area contributed by atoms with Crippen LogP contribution in [0.1, 0.15) is 26.7 Å². The van der Waals surface area contributed by atoms with Gasteiger partial charge >= 0.3 is 11.9 Å². The topological polar surface area (TPSA) is 52.6 Å². The average molecular weight is 427 g/mol. The summed E-state index contributed by atoms with van der Waals surface area (Å²) in [4.78, 5) is 26.5. The summed E-state index contributed by atoms with van der Waals surface area (Å²) in [5, 5.41) is 1.32. The summed E-state index contributed by atoms with van der Waals surface area (Å²) in [6.45, 7) is 12.8. The minimum Gasteiger partial charge on any atom is -0.465 e. The van der Waals surface area contributed by atoms with Crippen LogP contribution in [0.25, 0.3) is 0 Å². The molecule has 1 unspecified atom stereocenters. The van der Waals surface area contributed by atoms with E-state index in [1.165, 1.54) is 5.19 Å². The minimum absolute atomic E-state index is 0.211. The van der Waals surface area contributed by atoms with Crippen LogP contribution in [0.15, 0.2) is 66.8 Å². The summed E-state index contributed by atoms with van der Waals surface area (Å²) in [5.41, 5.74) is -0.523. The van der Waals surface area contributed by atoms with Crippen molar-refractivity contribution in [3.63, 3.8) is 0 Å². The molecular formula is C25H34O4Si. The van der Waals surface area contributed by atoms with Gasteiger partial charge < -0.3 is 9.47 Å². The van der Waals surface area contributed by atoms with Crippen molar-refractivity contribution in [3.05, 3.63) is 66.8 Å². The molecule has 1 aliphatic rings. The molecule has 0 radical (unpaired) electrons. The smallest absolute Gasteiger partial charge is 0.324 e. The molecule has 30 heavy (non-hydrogen) atoms. The summed E-state index contributed by atoms with van der Waals surface area (Å²) in [7, 11) is -1.83. The number of carbonyl (C=O) groups is 2. The van der Waals surface area contributed by atoms with Crippen molar-refractivity contribution >= 4 is 25.2 Å². The van der Waals surface area contributed by atoms with Gasteiger partial charge in [-0.05, 0) is 32.7 Å². The lowest BCUT2D eigenvalue weighted by molar-refractivity contribution is -0.175. The molecule has 0 saturated heterocycles. The summed E-state index contributed by atoms with van der Waals surface area (Å²) in [5.74, 6) is -1.36. The molecule has 0 N–H and O–H groups in total. The molecule has 1 aromatic carbocycles. The van der Waals surface area contributed by atoms with E-state index in [0.29, 0.717) is 6.42 Å². The largest absolute Gasteiger partial charge is 0.465 e. The first kappa shape index (κ1) is 23.9. The number of allylic oxidation sites excluding steroid dienone is 5. The van der Waals surface area contributed by atoms with Crippen molar-refractivity contribution in [1.82, 2.24) is 0 Å². The second-order valence-electron chi connectivity index (χ2n) is 8.42. The van der Waals surface area contributed by atoms with Gasteiger partial charge in [0.1, 0.15) is 0 Å². The zero-order valence-corrected chi connectivity index (χ0v) is 19.6. The van der Waals surface area contributed by atoms with Gasteiger partial charge in [-0.25, -0.2) is 0 Å². The fraction of sp³-hybridized carbons (Fsp3) is 0.440. The highest BCUT2D eigenvalue weighted by Gasteiger charge is 2.54. The highest BCUT2D eigenvalue weighted by atomic mass is 28.3. The van der Waals surface area contributed by atoms with Crippen LogP contribution < -0.4 is 5.19 Å². The van der Waals surface area contributed by atoms with Gasteiger partial charge in [-0.3, -0.25) is 9.59 Å². The molecule has 0 saturated carbocycles. The normalized spacial score (nSPS) is 16.2. The Hall–Kier alpha value is -2.40. The SMILES string of the molecule is C=C(CC(C(=O)OCC)(C(=O)OCC)C1C=CC=CC1)C[Si](C)(C)c1ccccc1. The minimum atomic E-state index is -1.83. The number of benzene rings is 1. The molecule has 0 amide bonds. The van der Waals surface area contributed by atoms with Gasteiger partial charge in [-0.15, -0.1) is 6.58 Å². The van der Waals surface area contributed by atoms with Gasteiger partial charge in [-0.1, -0.05) is 78.5 Å². The first-order valence-corrected chi connectivity index (χ1v) is 13.9. The Labute approximate surface area is 181 Å². The molecule has 4 nitrogen and oxygen atoms in total. The monoisotopic (exact) mass is 426 g/mol. The van der Waals surface area contributed by atoms with Gasteiger partial charge in [0.25, 0.3) is 0 Å². The van der Waals surface area contributed by atoms with E-state index >= 15 is 0 Å². The molecule has 0 aliphatic heterocycles. The molecule has 1 aromatic rings. The quantitative estimate of drug-likeness (QED) is 0.234. The van der Waals surface area contributed by atoms with E-state index in [2.05, 4.69) is 31.8 Å². The molecule has 2 rings (SSSR count). The third-order valence-corrected chi connectivity index (χ3v) is 8.95. The highest BCUT2D eigenvalue weighted by Crippen LogP contribution is 2.43. The number of esters is 2. The Morgan fingerprint density at radius 1 is 1.07 bits per heavy atom. The Bertz CT molecular complexity index is 790. The number of ether oxygens (including phenoxy) is 2. The molecule has 1 atom stereocenters. The number of hydrogen-bond donors (Lipinski definition) is 0. The Kier molecular flexibility index (Phi) is 8.41. The summed E-state index contributed by atoms with van der Waals surface area (Å²) >= 11 is 0. The number of hydrogen-bond acceptors (Lipinski definition) is 4. The van der Waals surface area contributed by atoms with Crippen LogP contribution in [-0.2, 0) is 19.1 Å². The maximum atomic E-state index is 13.2. The van der Waals surface area contributed by atoms with Crippen LogP contribution in [-0.4, -0.2) is 33.2 Å². The lowest BCUT2D eigenvalue weighted by Gasteiger charge is -2.37. The predicted molar refractivity (Wildman–Crippen MR) is 124 cm³/mol. The van der Waals surface area contributed by atoms with Crippen LogP contribution in [0.2, 0.25) is 19.1 Å². The Balaban J connectivity index is 2.38. The second kappa shape index (κ2) is 10.6. The third kappa shape index (κ3) is 5.39. The lowest BCUT2D eigenvalue weighted by Crippen LogP contribution is -2.49. The summed E-state index contributed by atoms with van der Waals surface area (Å²) in [6.07, 6.45) is 8.52. The van der Waals surface area contributed by atoms with E-state index < -0.39 is 25.4 Å². The Morgan fingerprint density at radius 2 is 1.67 bits per heavy atom. The van der Waals surface area contributed by atoms with Crippen molar-refractivity contribution in [2.75, 3.05) is 13.2 Å². The van der Waals surface area contributed by atoms with Gasteiger partial charge in [-0.2, -0.15) is 0 Å². The molecule has 0 aromatic heterocycles. The highest BCUT2D eigenvalue weighted by molar-refractivity contribution is 6.90. The molecule has 5 heteroatoms. The average Bonchev–Trinajstić information content (AvgIpc) is 2.73. The number of carbonyl (C=O) groups excluding carboxylic acids is 2. The van der Waals surface area contributed by atoms with E-state index in [9.17, 15) is 9.59 Å². The van der Waals surface area contributed by atoms with E-state index in [4.69, 9.17) is 9.47 Å². The Morgan fingerprint density at radius 3 is 2.17 bits per heavy atom. The van der Waals surface area contributed by atoms with Crippen molar-refractivity contribution < 1.29 is 19.1 Å². The molecule has 162 valence electrons. The van der Waals surface area contributed by atoms with Crippen molar-refractivity contribution in [3.8, 4) is 0 Å². The van der Waals surface area contributed by atoms with Gasteiger partial charge in [0.15, 0.2) is 5.41 Å². The van der Waals surface area contributed by atoms with E-state index in [0.717, 1.165) is 11.6 Å². The van der Waals surface area contributed by atoms with Crippen LogP contribution in [0, 0.1) is 11.3 Å². The van der Waals surface area contributed by atoms with Crippen molar-refractivity contribution in [2.45, 2.75) is 45.8 Å². The first-order chi connectivity index (χ1) is 14.3. The van der Waals surface area contributed by atoms with Crippen LogP contribution >= 0.6 is 0 Å². The van der Waals surface area contributed by atoms with Crippen molar-refractivity contribution in [1.29, 1.82) is 0 Å². The third-order valence-electron chi connectivity index (χ3n) is 5.67. The van der Waals surface area contributed by atoms with E-state index in [1.807, 2.05) is 42.5 Å². The zero-order chi connectivity index (χ0) is 22.2. The predicted octanol–water partition coefficient (Wildman–Crippen LogP) is 4.79. The van der Waals surface area contributed by atoms with Crippen molar-refractivity contribution in [2.24, 2.45) is 11.3 Å². The first-order valence-electron chi connectivity index (χ1n) is 10.7. The van der Waals surface area contributed by atoms with E-state index in [-0.39, 0.29) is 25.6 Å². The van der Waals surface area contributed by atoms with Crippen LogP contribution in [0.5, 0.6) is 0 Å². The van der Waals surface area contributed by atoms with Crippen LogP contribution in [0.4, 0.5) is 0 Å². The molecule has 1 aliphatic carbocycles. The molecular weight excluding hydrogens is 392 g/mol. The van der Waals surface area contributed by atoms with Crippen LogP contribution in [0.3, 0.4) is 0 Å². The summed E-state index contributed by atoms with van der Waals surface area (Å²) in [6, 6.07) is 11.2. The standard InChI is InChI=1S/C25H34O4Si/c1-6-28-23(26)25(24(27)29-7-2,21-14-10-8-11-15-21)18-20(3)19-30(4,5)22-16-12-9-13-17-22/h8-14,16-17,21H,3,6-7,15,18-19H2,1-2,4-5H3. The van der Waals surface area contributed by atoms with Gasteiger partial charge in [0.2, 0.25) is 0 Å². The van der Waals surface area contributed by atoms with E-state index in [1.54, 1.807) is 13.8 Å². The molecule has 0 bridgehead atoms. The zero-order valence-electron chi connectivity index (χ0n) is 18.6. The van der Waals surface area contributed by atoms with Gasteiger partial charge in [0.05, 0.1) is 21.3 Å². The lowest BCUT2D eigenvalue weighted by atomic mass is 9.68. The summed E-state index contributed by atoms with van der Waals surface area (Å²) < 4.78 is 10.8. The molecule has 0 heterocycles. The second-order valence-corrected chi connectivity index (χ2v) is 13.1. The van der Waals surface area contributed by atoms with Gasteiger partial charge in [0, 0.05) is 5.92 Å². The molecule has 0 spiro atoms. The fourth-order valence-electron chi connectivity index (χ4n) is 4.20.